The molecule has 7 heteroatoms. The molecule has 190 valence electrons. The molecular formula is C29H31F2NO4. The number of benzene rings is 3. The summed E-state index contributed by atoms with van der Waals surface area (Å²) >= 11 is 0. The number of Topliss-reactive ketones (excluding diaryl/α,β-unsaturated/α-hetero) is 1. The average molecular weight is 496 g/mol. The van der Waals surface area contributed by atoms with E-state index in [0.717, 1.165) is 13.1 Å². The molecule has 36 heavy (non-hydrogen) atoms. The minimum Gasteiger partial charge on any atom is -0.493 e. The van der Waals surface area contributed by atoms with Gasteiger partial charge in [0, 0.05) is 12.1 Å². The van der Waals surface area contributed by atoms with Gasteiger partial charge in [-0.1, -0.05) is 24.3 Å². The van der Waals surface area contributed by atoms with Gasteiger partial charge in [0.05, 0.1) is 7.11 Å². The molecule has 0 amide bonds. The zero-order valence-corrected chi connectivity index (χ0v) is 20.5. The van der Waals surface area contributed by atoms with Crippen LogP contribution >= 0.6 is 0 Å². The number of hydrogen-bond donors (Lipinski definition) is 1. The molecular weight excluding hydrogens is 464 g/mol. The van der Waals surface area contributed by atoms with Gasteiger partial charge in [-0.25, -0.2) is 8.78 Å². The van der Waals surface area contributed by atoms with Crippen LogP contribution in [0.25, 0.3) is 0 Å². The number of ketones is 1. The van der Waals surface area contributed by atoms with Crippen molar-refractivity contribution in [3.63, 3.8) is 0 Å². The highest BCUT2D eigenvalue weighted by Gasteiger charge is 2.41. The second-order valence-corrected chi connectivity index (χ2v) is 9.17. The van der Waals surface area contributed by atoms with Crippen molar-refractivity contribution in [3.05, 3.63) is 95.1 Å². The topological polar surface area (TPSA) is 59.0 Å². The van der Waals surface area contributed by atoms with E-state index in [2.05, 4.69) is 4.90 Å². The van der Waals surface area contributed by atoms with Crippen LogP contribution < -0.4 is 9.47 Å². The van der Waals surface area contributed by atoms with E-state index >= 15 is 0 Å². The third kappa shape index (κ3) is 5.58. The maximum Gasteiger partial charge on any atom is 0.161 e. The third-order valence-electron chi connectivity index (χ3n) is 6.98. The van der Waals surface area contributed by atoms with Gasteiger partial charge in [-0.3, -0.25) is 9.69 Å². The number of rotatable bonds is 9. The lowest BCUT2D eigenvalue weighted by Gasteiger charge is -2.42. The van der Waals surface area contributed by atoms with E-state index in [9.17, 15) is 18.7 Å². The van der Waals surface area contributed by atoms with Crippen molar-refractivity contribution in [1.29, 1.82) is 0 Å². The summed E-state index contributed by atoms with van der Waals surface area (Å²) in [5, 5.41) is 12.0. The molecule has 0 atom stereocenters. The van der Waals surface area contributed by atoms with E-state index in [0.29, 0.717) is 54.2 Å². The first-order valence-electron chi connectivity index (χ1n) is 12.1. The molecule has 0 bridgehead atoms. The highest BCUT2D eigenvalue weighted by molar-refractivity contribution is 5.94. The molecule has 1 aliphatic rings. The van der Waals surface area contributed by atoms with Crippen molar-refractivity contribution in [2.24, 2.45) is 5.92 Å². The first-order valence-corrected chi connectivity index (χ1v) is 12.1. The zero-order chi connectivity index (χ0) is 25.7. The number of likely N-dealkylation sites (tertiary alicyclic amines) is 1. The molecule has 0 aliphatic carbocycles. The van der Waals surface area contributed by atoms with Gasteiger partial charge < -0.3 is 14.6 Å². The van der Waals surface area contributed by atoms with Crippen molar-refractivity contribution in [2.75, 3.05) is 33.4 Å². The van der Waals surface area contributed by atoms with Crippen LogP contribution in [-0.4, -0.2) is 49.1 Å². The normalized spacial score (nSPS) is 15.0. The lowest BCUT2D eigenvalue weighted by Crippen LogP contribution is -2.45. The largest absolute Gasteiger partial charge is 0.493 e. The molecule has 1 N–H and O–H groups in total. The molecule has 3 aromatic rings. The van der Waals surface area contributed by atoms with Gasteiger partial charge in [-0.15, -0.1) is 0 Å². The summed E-state index contributed by atoms with van der Waals surface area (Å²) in [7, 11) is 1.54. The molecule has 0 saturated carbocycles. The molecule has 0 radical (unpaired) electrons. The Labute approximate surface area is 210 Å². The fraction of sp³-hybridized carbons (Fsp3) is 0.345. The Bertz CT molecular complexity index is 1130. The fourth-order valence-corrected chi connectivity index (χ4v) is 4.91. The smallest absolute Gasteiger partial charge is 0.161 e. The Hall–Kier alpha value is -3.29. The number of carbonyl (C=O) groups is 1. The van der Waals surface area contributed by atoms with Crippen molar-refractivity contribution in [1.82, 2.24) is 4.90 Å². The molecule has 4 rings (SSSR count). The molecule has 1 saturated heterocycles. The average Bonchev–Trinajstić information content (AvgIpc) is 2.89. The zero-order valence-electron chi connectivity index (χ0n) is 20.5. The standard InChI is InChI=1S/C29H31F2NO4/c1-20(33)21-3-12-27(28(19-21)35-2)36-18-17-32-15-13-24(14-16-32)29(34,22-4-8-25(30)9-5-22)23-6-10-26(31)11-7-23/h3-12,19,24,34H,13-18H2,1-2H3. The third-order valence-corrected chi connectivity index (χ3v) is 6.98. The van der Waals surface area contributed by atoms with Crippen molar-refractivity contribution >= 4 is 5.78 Å². The van der Waals surface area contributed by atoms with Crippen LogP contribution in [0.1, 0.15) is 41.3 Å². The summed E-state index contributed by atoms with van der Waals surface area (Å²) in [5.41, 5.74) is 0.406. The number of methoxy groups -OCH3 is 1. The molecule has 0 unspecified atom stereocenters. The summed E-state index contributed by atoms with van der Waals surface area (Å²) in [4.78, 5) is 13.9. The Morgan fingerprint density at radius 1 is 0.944 bits per heavy atom. The molecule has 1 heterocycles. The highest BCUT2D eigenvalue weighted by atomic mass is 19.1. The van der Waals surface area contributed by atoms with E-state index < -0.39 is 5.60 Å². The van der Waals surface area contributed by atoms with Gasteiger partial charge in [-0.2, -0.15) is 0 Å². The first-order chi connectivity index (χ1) is 17.3. The summed E-state index contributed by atoms with van der Waals surface area (Å²) in [6.07, 6.45) is 1.42. The maximum atomic E-state index is 13.6. The van der Waals surface area contributed by atoms with Crippen LogP contribution in [0.5, 0.6) is 11.5 Å². The van der Waals surface area contributed by atoms with Crippen molar-refractivity contribution < 1.29 is 28.2 Å². The van der Waals surface area contributed by atoms with E-state index in [1.54, 1.807) is 49.6 Å². The van der Waals surface area contributed by atoms with Crippen LogP contribution in [-0.2, 0) is 5.60 Å². The van der Waals surface area contributed by atoms with Crippen molar-refractivity contribution in [3.8, 4) is 11.5 Å². The van der Waals surface area contributed by atoms with Crippen molar-refractivity contribution in [2.45, 2.75) is 25.4 Å². The first kappa shape index (κ1) is 25.8. The lowest BCUT2D eigenvalue weighted by atomic mass is 9.72. The minimum atomic E-state index is -1.35. The van der Waals surface area contributed by atoms with Gasteiger partial charge in [-0.05, 0) is 92.4 Å². The summed E-state index contributed by atoms with van der Waals surface area (Å²) in [6.45, 7) is 4.14. The SMILES string of the molecule is COc1cc(C(C)=O)ccc1OCCN1CCC(C(O)(c2ccc(F)cc2)c2ccc(F)cc2)CC1. The van der Waals surface area contributed by atoms with Crippen LogP contribution in [0.4, 0.5) is 8.78 Å². The molecule has 3 aromatic carbocycles. The van der Waals surface area contributed by atoms with Gasteiger partial charge in [0.15, 0.2) is 17.3 Å². The fourth-order valence-electron chi connectivity index (χ4n) is 4.91. The molecule has 5 nitrogen and oxygen atoms in total. The van der Waals surface area contributed by atoms with E-state index in [1.165, 1.54) is 31.2 Å². The van der Waals surface area contributed by atoms with E-state index in [1.807, 2.05) is 0 Å². The Morgan fingerprint density at radius 3 is 2.00 bits per heavy atom. The number of carbonyl (C=O) groups excluding carboxylic acids is 1. The molecule has 1 aliphatic heterocycles. The van der Waals surface area contributed by atoms with Crippen LogP contribution in [0.15, 0.2) is 66.7 Å². The van der Waals surface area contributed by atoms with Gasteiger partial charge in [0.1, 0.15) is 23.8 Å². The van der Waals surface area contributed by atoms with E-state index in [4.69, 9.17) is 9.47 Å². The second kappa shape index (κ2) is 11.2. The highest BCUT2D eigenvalue weighted by Crippen LogP contribution is 2.42. The van der Waals surface area contributed by atoms with Gasteiger partial charge in [0.25, 0.3) is 0 Å². The number of hydrogen-bond acceptors (Lipinski definition) is 5. The minimum absolute atomic E-state index is 0.0380. The molecule has 0 spiro atoms. The van der Waals surface area contributed by atoms with Crippen LogP contribution in [0.3, 0.4) is 0 Å². The summed E-state index contributed by atoms with van der Waals surface area (Å²) in [6, 6.07) is 16.9. The Morgan fingerprint density at radius 2 is 1.50 bits per heavy atom. The van der Waals surface area contributed by atoms with E-state index in [-0.39, 0.29) is 23.3 Å². The monoisotopic (exact) mass is 495 g/mol. The Kier molecular flexibility index (Phi) is 8.01. The van der Waals surface area contributed by atoms with Crippen LogP contribution in [0, 0.1) is 17.6 Å². The molecule has 0 aromatic heterocycles. The van der Waals surface area contributed by atoms with Crippen LogP contribution in [0.2, 0.25) is 0 Å². The predicted octanol–water partition coefficient (Wildman–Crippen LogP) is 5.20. The number of ether oxygens (including phenoxy) is 2. The Balaban J connectivity index is 1.41. The van der Waals surface area contributed by atoms with Gasteiger partial charge >= 0.3 is 0 Å². The summed E-state index contributed by atoms with van der Waals surface area (Å²) < 4.78 is 38.5. The maximum absolute atomic E-state index is 13.6. The van der Waals surface area contributed by atoms with Gasteiger partial charge in [0.2, 0.25) is 0 Å². The predicted molar refractivity (Wildman–Crippen MR) is 133 cm³/mol. The number of nitrogens with zero attached hydrogens (tertiary/aromatic N) is 1. The molecule has 1 fully saturated rings. The second-order valence-electron chi connectivity index (χ2n) is 9.17. The number of halogens is 2. The number of piperidine rings is 1. The quantitative estimate of drug-likeness (QED) is 0.414. The summed E-state index contributed by atoms with van der Waals surface area (Å²) in [5.74, 6) is 0.198. The number of aliphatic hydroxyl groups is 1. The lowest BCUT2D eigenvalue weighted by molar-refractivity contribution is -0.0155.